The second-order valence-corrected chi connectivity index (χ2v) is 3.53. The number of furan rings is 1. The van der Waals surface area contributed by atoms with Gasteiger partial charge in [0, 0.05) is 12.3 Å². The Hall–Kier alpha value is -1.81. The zero-order chi connectivity index (χ0) is 11.4. The van der Waals surface area contributed by atoms with E-state index in [0.29, 0.717) is 12.3 Å². The lowest BCUT2D eigenvalue weighted by Gasteiger charge is -2.08. The monoisotopic (exact) mass is 218 g/mol. The standard InChI is InChI=1S/C12H14N2O2/c1-15-12-5-4-9(8-14-12)7-10(13)11-3-2-6-16-11/h2-6,8,10H,7,13H2,1H3. The number of nitrogens with two attached hydrogens (primary N) is 1. The van der Waals surface area contributed by atoms with Gasteiger partial charge in [0.25, 0.3) is 0 Å². The van der Waals surface area contributed by atoms with Gasteiger partial charge in [-0.3, -0.25) is 0 Å². The Morgan fingerprint density at radius 3 is 2.88 bits per heavy atom. The average Bonchev–Trinajstić information content (AvgIpc) is 2.83. The summed E-state index contributed by atoms with van der Waals surface area (Å²) in [6, 6.07) is 7.35. The van der Waals surface area contributed by atoms with Gasteiger partial charge in [0.05, 0.1) is 19.4 Å². The molecule has 0 saturated carbocycles. The van der Waals surface area contributed by atoms with Crippen LogP contribution in [0.4, 0.5) is 0 Å². The Bertz CT molecular complexity index is 423. The van der Waals surface area contributed by atoms with E-state index in [4.69, 9.17) is 14.9 Å². The molecule has 1 atom stereocenters. The molecule has 4 nitrogen and oxygen atoms in total. The minimum absolute atomic E-state index is 0.134. The summed E-state index contributed by atoms with van der Waals surface area (Å²) >= 11 is 0. The summed E-state index contributed by atoms with van der Waals surface area (Å²) in [6.45, 7) is 0. The first-order chi connectivity index (χ1) is 7.79. The third-order valence-electron chi connectivity index (χ3n) is 2.37. The first-order valence-electron chi connectivity index (χ1n) is 5.07. The van der Waals surface area contributed by atoms with Crippen molar-refractivity contribution in [2.45, 2.75) is 12.5 Å². The smallest absolute Gasteiger partial charge is 0.212 e. The molecular weight excluding hydrogens is 204 g/mol. The molecule has 0 fully saturated rings. The van der Waals surface area contributed by atoms with E-state index in [1.807, 2.05) is 24.3 Å². The largest absolute Gasteiger partial charge is 0.481 e. The van der Waals surface area contributed by atoms with Crippen LogP contribution in [0.5, 0.6) is 5.88 Å². The van der Waals surface area contributed by atoms with Crippen LogP contribution in [0.3, 0.4) is 0 Å². The molecule has 2 aromatic heterocycles. The Morgan fingerprint density at radius 2 is 2.31 bits per heavy atom. The van der Waals surface area contributed by atoms with Gasteiger partial charge in [-0.25, -0.2) is 4.98 Å². The molecule has 84 valence electrons. The number of nitrogens with zero attached hydrogens (tertiary/aromatic N) is 1. The molecule has 4 heteroatoms. The molecule has 2 rings (SSSR count). The lowest BCUT2D eigenvalue weighted by atomic mass is 10.1. The number of aromatic nitrogens is 1. The van der Waals surface area contributed by atoms with Gasteiger partial charge in [-0.2, -0.15) is 0 Å². The highest BCUT2D eigenvalue weighted by atomic mass is 16.5. The summed E-state index contributed by atoms with van der Waals surface area (Å²) in [5.74, 6) is 1.39. The molecule has 2 heterocycles. The van der Waals surface area contributed by atoms with Gasteiger partial charge in [-0.1, -0.05) is 6.07 Å². The fraction of sp³-hybridized carbons (Fsp3) is 0.250. The Labute approximate surface area is 94.1 Å². The Morgan fingerprint density at radius 1 is 1.44 bits per heavy atom. The van der Waals surface area contributed by atoms with Crippen molar-refractivity contribution in [3.63, 3.8) is 0 Å². The molecule has 16 heavy (non-hydrogen) atoms. The highest BCUT2D eigenvalue weighted by molar-refractivity contribution is 5.20. The average molecular weight is 218 g/mol. The molecule has 0 radical (unpaired) electrons. The molecule has 0 aliphatic heterocycles. The lowest BCUT2D eigenvalue weighted by Crippen LogP contribution is -2.12. The molecule has 0 aromatic carbocycles. The third-order valence-corrected chi connectivity index (χ3v) is 2.37. The van der Waals surface area contributed by atoms with Crippen molar-refractivity contribution in [3.8, 4) is 5.88 Å². The van der Waals surface area contributed by atoms with Gasteiger partial charge in [-0.15, -0.1) is 0 Å². The third kappa shape index (κ3) is 2.41. The maximum atomic E-state index is 5.99. The second kappa shape index (κ2) is 4.81. The summed E-state index contributed by atoms with van der Waals surface area (Å²) < 4.78 is 10.2. The first kappa shape index (κ1) is 10.7. The summed E-state index contributed by atoms with van der Waals surface area (Å²) in [6.07, 6.45) is 4.09. The maximum Gasteiger partial charge on any atom is 0.212 e. The van der Waals surface area contributed by atoms with Crippen LogP contribution >= 0.6 is 0 Å². The van der Waals surface area contributed by atoms with Gasteiger partial charge in [-0.05, 0) is 24.1 Å². The van der Waals surface area contributed by atoms with Crippen molar-refractivity contribution in [1.29, 1.82) is 0 Å². The van der Waals surface area contributed by atoms with Crippen LogP contribution in [0.25, 0.3) is 0 Å². The Balaban J connectivity index is 2.03. The minimum Gasteiger partial charge on any atom is -0.481 e. The molecule has 0 saturated heterocycles. The van der Waals surface area contributed by atoms with Crippen LogP contribution in [0.1, 0.15) is 17.4 Å². The normalized spacial score (nSPS) is 12.4. The van der Waals surface area contributed by atoms with E-state index in [1.54, 1.807) is 19.6 Å². The first-order valence-corrected chi connectivity index (χ1v) is 5.07. The van der Waals surface area contributed by atoms with Gasteiger partial charge < -0.3 is 14.9 Å². The predicted molar refractivity (Wildman–Crippen MR) is 60.1 cm³/mol. The zero-order valence-corrected chi connectivity index (χ0v) is 9.09. The number of rotatable bonds is 4. The van der Waals surface area contributed by atoms with Crippen molar-refractivity contribution in [1.82, 2.24) is 4.98 Å². The molecule has 0 spiro atoms. The van der Waals surface area contributed by atoms with E-state index in [1.165, 1.54) is 0 Å². The number of pyridine rings is 1. The van der Waals surface area contributed by atoms with Crippen LogP contribution in [-0.2, 0) is 6.42 Å². The predicted octanol–water partition coefficient (Wildman–Crippen LogP) is 1.93. The highest BCUT2D eigenvalue weighted by Gasteiger charge is 2.09. The lowest BCUT2D eigenvalue weighted by molar-refractivity contribution is 0.397. The van der Waals surface area contributed by atoms with Crippen LogP contribution in [0, 0.1) is 0 Å². The van der Waals surface area contributed by atoms with Gasteiger partial charge >= 0.3 is 0 Å². The molecule has 0 aliphatic carbocycles. The van der Waals surface area contributed by atoms with E-state index in [-0.39, 0.29) is 6.04 Å². The number of methoxy groups -OCH3 is 1. The topological polar surface area (TPSA) is 61.3 Å². The Kier molecular flexibility index (Phi) is 3.22. The van der Waals surface area contributed by atoms with E-state index < -0.39 is 0 Å². The van der Waals surface area contributed by atoms with Crippen molar-refractivity contribution < 1.29 is 9.15 Å². The summed E-state index contributed by atoms with van der Waals surface area (Å²) in [4.78, 5) is 4.12. The van der Waals surface area contributed by atoms with Crippen molar-refractivity contribution in [3.05, 3.63) is 48.0 Å². The van der Waals surface area contributed by atoms with Crippen LogP contribution in [-0.4, -0.2) is 12.1 Å². The fourth-order valence-corrected chi connectivity index (χ4v) is 1.51. The number of hydrogen-bond donors (Lipinski definition) is 1. The molecule has 1 unspecified atom stereocenters. The van der Waals surface area contributed by atoms with E-state index in [0.717, 1.165) is 11.3 Å². The maximum absolute atomic E-state index is 5.99. The second-order valence-electron chi connectivity index (χ2n) is 3.53. The number of ether oxygens (including phenoxy) is 1. The van der Waals surface area contributed by atoms with Crippen molar-refractivity contribution in [2.24, 2.45) is 5.73 Å². The quantitative estimate of drug-likeness (QED) is 0.851. The van der Waals surface area contributed by atoms with Crippen LogP contribution in [0.2, 0.25) is 0 Å². The highest BCUT2D eigenvalue weighted by Crippen LogP contribution is 2.17. The van der Waals surface area contributed by atoms with Gasteiger partial charge in [0.2, 0.25) is 5.88 Å². The molecule has 0 amide bonds. The van der Waals surface area contributed by atoms with Crippen LogP contribution < -0.4 is 10.5 Å². The van der Waals surface area contributed by atoms with E-state index >= 15 is 0 Å². The molecule has 0 aliphatic rings. The molecule has 0 bridgehead atoms. The molecule has 2 aromatic rings. The van der Waals surface area contributed by atoms with E-state index in [9.17, 15) is 0 Å². The molecular formula is C12H14N2O2. The summed E-state index contributed by atoms with van der Waals surface area (Å²) in [5, 5.41) is 0. The van der Waals surface area contributed by atoms with E-state index in [2.05, 4.69) is 4.98 Å². The van der Waals surface area contributed by atoms with Crippen molar-refractivity contribution >= 4 is 0 Å². The minimum atomic E-state index is -0.134. The fourth-order valence-electron chi connectivity index (χ4n) is 1.51. The van der Waals surface area contributed by atoms with Crippen LogP contribution in [0.15, 0.2) is 41.1 Å². The zero-order valence-electron chi connectivity index (χ0n) is 9.09. The van der Waals surface area contributed by atoms with Gasteiger partial charge in [0.1, 0.15) is 5.76 Å². The van der Waals surface area contributed by atoms with Crippen molar-refractivity contribution in [2.75, 3.05) is 7.11 Å². The molecule has 2 N–H and O–H groups in total. The summed E-state index contributed by atoms with van der Waals surface area (Å²) in [7, 11) is 1.59. The SMILES string of the molecule is COc1ccc(CC(N)c2ccco2)cn1. The summed E-state index contributed by atoms with van der Waals surface area (Å²) in [5.41, 5.74) is 7.05. The number of hydrogen-bond acceptors (Lipinski definition) is 4. The van der Waals surface area contributed by atoms with Gasteiger partial charge in [0.15, 0.2) is 0 Å².